The molecule has 0 bridgehead atoms. The number of thioether (sulfide) groups is 1. The van der Waals surface area contributed by atoms with Crippen LogP contribution in [0.3, 0.4) is 0 Å². The summed E-state index contributed by atoms with van der Waals surface area (Å²) < 4.78 is 0.196. The lowest BCUT2D eigenvalue weighted by molar-refractivity contribution is 0.655. The number of hydrogen-bond donors (Lipinski definition) is 0. The minimum absolute atomic E-state index is 0.0230. The summed E-state index contributed by atoms with van der Waals surface area (Å²) in [4.78, 5) is 4.60. The highest BCUT2D eigenvalue weighted by molar-refractivity contribution is 8.15. The van der Waals surface area contributed by atoms with Gasteiger partial charge in [-0.25, -0.2) is 0 Å². The molecule has 68 valence electrons. The highest BCUT2D eigenvalue weighted by atomic mass is 32.2. The average Bonchev–Trinajstić information content (AvgIpc) is 1.87. The van der Waals surface area contributed by atoms with Gasteiger partial charge < -0.3 is 0 Å². The Morgan fingerprint density at radius 3 is 2.33 bits per heavy atom. The molecule has 0 radical (unpaired) electrons. The van der Waals surface area contributed by atoms with E-state index >= 15 is 0 Å². The molecule has 0 saturated heterocycles. The van der Waals surface area contributed by atoms with Gasteiger partial charge in [0.25, 0.3) is 0 Å². The Bertz CT molecular complexity index is 236. The van der Waals surface area contributed by atoms with Crippen LogP contribution in [0.15, 0.2) is 17.1 Å². The normalized spacial score (nSPS) is 26.2. The summed E-state index contributed by atoms with van der Waals surface area (Å²) >= 11 is 1.83. The van der Waals surface area contributed by atoms with Gasteiger partial charge in [-0.2, -0.15) is 0 Å². The largest absolute Gasteiger partial charge is 0.273 e. The maximum absolute atomic E-state index is 4.60. The van der Waals surface area contributed by atoms with Crippen LogP contribution in [-0.2, 0) is 0 Å². The van der Waals surface area contributed by atoms with Crippen molar-refractivity contribution in [3.05, 3.63) is 12.2 Å². The summed E-state index contributed by atoms with van der Waals surface area (Å²) in [7, 11) is 0. The molecule has 2 heteroatoms. The van der Waals surface area contributed by atoms with Crippen LogP contribution in [0.25, 0.3) is 0 Å². The van der Waals surface area contributed by atoms with Crippen LogP contribution in [0.5, 0.6) is 0 Å². The topological polar surface area (TPSA) is 12.4 Å². The third-order valence-corrected chi connectivity index (χ3v) is 2.80. The molecule has 0 atom stereocenters. The van der Waals surface area contributed by atoms with Gasteiger partial charge in [0.05, 0.1) is 10.6 Å². The first kappa shape index (κ1) is 9.85. The van der Waals surface area contributed by atoms with Gasteiger partial charge in [0, 0.05) is 4.75 Å². The second-order valence-electron chi connectivity index (χ2n) is 4.32. The molecule has 0 aromatic rings. The second kappa shape index (κ2) is 2.91. The lowest BCUT2D eigenvalue weighted by Gasteiger charge is -2.16. The molecule has 1 heterocycles. The highest BCUT2D eigenvalue weighted by Gasteiger charge is 2.23. The Balaban J connectivity index is 2.98. The van der Waals surface area contributed by atoms with E-state index in [9.17, 15) is 0 Å². The van der Waals surface area contributed by atoms with Gasteiger partial charge in [-0.3, -0.25) is 4.99 Å². The predicted molar refractivity (Wildman–Crippen MR) is 58.0 cm³/mol. The van der Waals surface area contributed by atoms with Gasteiger partial charge in [-0.05, 0) is 34.6 Å². The summed E-state index contributed by atoms with van der Waals surface area (Å²) in [5.74, 6) is 0. The molecule has 0 saturated carbocycles. The van der Waals surface area contributed by atoms with E-state index in [-0.39, 0.29) is 10.3 Å². The van der Waals surface area contributed by atoms with Gasteiger partial charge in [-0.15, -0.1) is 11.8 Å². The van der Waals surface area contributed by atoms with Gasteiger partial charge >= 0.3 is 0 Å². The fourth-order valence-electron chi connectivity index (χ4n) is 1.29. The Kier molecular flexibility index (Phi) is 2.39. The molecule has 0 N–H and O–H groups in total. The van der Waals surface area contributed by atoms with Crippen molar-refractivity contribution in [3.63, 3.8) is 0 Å². The SMILES string of the molecule is CC1=NC(C)(C)C=CC(C)(C)S1. The fraction of sp³-hybridized carbons (Fsp3) is 0.700. The molecule has 0 amide bonds. The van der Waals surface area contributed by atoms with Crippen LogP contribution in [-0.4, -0.2) is 15.3 Å². The number of aliphatic imine (C=N–C) groups is 1. The van der Waals surface area contributed by atoms with Crippen LogP contribution in [0.1, 0.15) is 34.6 Å². The van der Waals surface area contributed by atoms with E-state index < -0.39 is 0 Å². The van der Waals surface area contributed by atoms with Crippen LogP contribution in [0.4, 0.5) is 0 Å². The number of hydrogen-bond acceptors (Lipinski definition) is 2. The van der Waals surface area contributed by atoms with E-state index in [1.807, 2.05) is 11.8 Å². The standard InChI is InChI=1S/C10H17NS/c1-8-11-9(2,3)6-7-10(4,5)12-8/h6-7H,1-5H3. The summed E-state index contributed by atoms with van der Waals surface area (Å²) in [5.41, 5.74) is -0.0230. The zero-order valence-electron chi connectivity index (χ0n) is 8.51. The van der Waals surface area contributed by atoms with E-state index in [2.05, 4.69) is 51.8 Å². The molecule has 12 heavy (non-hydrogen) atoms. The van der Waals surface area contributed by atoms with Crippen molar-refractivity contribution in [1.29, 1.82) is 0 Å². The van der Waals surface area contributed by atoms with Crippen molar-refractivity contribution in [2.75, 3.05) is 0 Å². The average molecular weight is 183 g/mol. The first-order valence-electron chi connectivity index (χ1n) is 4.27. The smallest absolute Gasteiger partial charge is 0.0741 e. The van der Waals surface area contributed by atoms with Gasteiger partial charge in [-0.1, -0.05) is 12.2 Å². The molecule has 0 fully saturated rings. The fourth-order valence-corrected chi connectivity index (χ4v) is 2.46. The summed E-state index contributed by atoms with van der Waals surface area (Å²) in [6, 6.07) is 0. The molecule has 0 aromatic carbocycles. The van der Waals surface area contributed by atoms with Gasteiger partial charge in [0.1, 0.15) is 0 Å². The third kappa shape index (κ3) is 2.67. The van der Waals surface area contributed by atoms with Crippen molar-refractivity contribution in [2.45, 2.75) is 44.9 Å². The molecule has 1 aliphatic heterocycles. The lowest BCUT2D eigenvalue weighted by Crippen LogP contribution is -2.12. The zero-order chi connectivity index (χ0) is 9.41. The Morgan fingerprint density at radius 2 is 1.75 bits per heavy atom. The molecule has 1 aliphatic rings. The Labute approximate surface area is 79.3 Å². The summed E-state index contributed by atoms with van der Waals surface area (Å²) in [6.07, 6.45) is 4.44. The van der Waals surface area contributed by atoms with Crippen molar-refractivity contribution < 1.29 is 0 Å². The van der Waals surface area contributed by atoms with Gasteiger partial charge in [0.2, 0.25) is 0 Å². The van der Waals surface area contributed by atoms with Gasteiger partial charge in [0.15, 0.2) is 0 Å². The molecule has 0 aromatic heterocycles. The maximum Gasteiger partial charge on any atom is 0.0741 e. The molecule has 1 rings (SSSR count). The quantitative estimate of drug-likeness (QED) is 0.525. The third-order valence-electron chi connectivity index (χ3n) is 1.75. The van der Waals surface area contributed by atoms with Crippen LogP contribution in [0, 0.1) is 0 Å². The molecule has 1 nitrogen and oxygen atoms in total. The Morgan fingerprint density at radius 1 is 1.17 bits per heavy atom. The van der Waals surface area contributed by atoms with Crippen LogP contribution < -0.4 is 0 Å². The minimum atomic E-state index is -0.0230. The molecule has 0 aliphatic carbocycles. The van der Waals surface area contributed by atoms with E-state index in [0.717, 1.165) is 0 Å². The summed E-state index contributed by atoms with van der Waals surface area (Å²) in [6.45, 7) is 10.8. The monoisotopic (exact) mass is 183 g/mol. The molecular weight excluding hydrogens is 166 g/mol. The number of nitrogens with zero attached hydrogens (tertiary/aromatic N) is 1. The summed E-state index contributed by atoms with van der Waals surface area (Å²) in [5, 5.41) is 1.18. The van der Waals surface area contributed by atoms with E-state index in [0.29, 0.717) is 0 Å². The van der Waals surface area contributed by atoms with E-state index in [1.165, 1.54) is 5.04 Å². The Hall–Kier alpha value is -0.240. The molecule has 0 spiro atoms. The first-order chi connectivity index (χ1) is 5.31. The predicted octanol–water partition coefficient (Wildman–Crippen LogP) is 3.27. The van der Waals surface area contributed by atoms with E-state index in [4.69, 9.17) is 0 Å². The molecular formula is C10H17NS. The molecule has 0 unspecified atom stereocenters. The maximum atomic E-state index is 4.60. The first-order valence-corrected chi connectivity index (χ1v) is 5.08. The van der Waals surface area contributed by atoms with Crippen molar-refractivity contribution >= 4 is 16.8 Å². The van der Waals surface area contributed by atoms with E-state index in [1.54, 1.807) is 0 Å². The van der Waals surface area contributed by atoms with Crippen LogP contribution in [0.2, 0.25) is 0 Å². The van der Waals surface area contributed by atoms with Crippen molar-refractivity contribution in [2.24, 2.45) is 4.99 Å². The van der Waals surface area contributed by atoms with Crippen molar-refractivity contribution in [3.8, 4) is 0 Å². The van der Waals surface area contributed by atoms with Crippen LogP contribution >= 0.6 is 11.8 Å². The lowest BCUT2D eigenvalue weighted by atomic mass is 10.0. The van der Waals surface area contributed by atoms with Crippen molar-refractivity contribution in [1.82, 2.24) is 0 Å². The zero-order valence-corrected chi connectivity index (χ0v) is 9.33. The highest BCUT2D eigenvalue weighted by Crippen LogP contribution is 2.32. The minimum Gasteiger partial charge on any atom is -0.273 e. The second-order valence-corrected chi connectivity index (χ2v) is 6.17. The number of rotatable bonds is 0.